The number of benzene rings is 1. The Labute approximate surface area is 121 Å². The molecule has 0 aliphatic heterocycles. The minimum absolute atomic E-state index is 0.303. The molecule has 1 aliphatic rings. The van der Waals surface area contributed by atoms with E-state index in [9.17, 15) is 4.79 Å². The minimum atomic E-state index is -0.897. The zero-order chi connectivity index (χ0) is 14.4. The van der Waals surface area contributed by atoms with E-state index < -0.39 is 5.97 Å². The van der Waals surface area contributed by atoms with Gasteiger partial charge in [-0.2, -0.15) is 0 Å². The first-order chi connectivity index (χ1) is 9.69. The SMILES string of the molecule is CCC[C@H]1CC[C@H](COc2ccc(C(=O)O)cc2)CC1. The van der Waals surface area contributed by atoms with Gasteiger partial charge < -0.3 is 9.84 Å². The molecule has 0 amide bonds. The van der Waals surface area contributed by atoms with Crippen molar-refractivity contribution in [2.75, 3.05) is 6.61 Å². The minimum Gasteiger partial charge on any atom is -0.493 e. The molecule has 0 aromatic heterocycles. The Balaban J connectivity index is 1.74. The molecule has 1 aromatic carbocycles. The van der Waals surface area contributed by atoms with Crippen LogP contribution in [0.2, 0.25) is 0 Å². The highest BCUT2D eigenvalue weighted by molar-refractivity contribution is 5.87. The molecule has 0 saturated heterocycles. The molecule has 0 heterocycles. The van der Waals surface area contributed by atoms with Crippen LogP contribution in [-0.2, 0) is 0 Å². The molecule has 1 fully saturated rings. The Morgan fingerprint density at radius 3 is 2.30 bits per heavy atom. The lowest BCUT2D eigenvalue weighted by Gasteiger charge is -2.28. The Kier molecular flexibility index (Phi) is 5.45. The molecule has 3 nitrogen and oxygen atoms in total. The van der Waals surface area contributed by atoms with Gasteiger partial charge in [-0.3, -0.25) is 0 Å². The zero-order valence-electron chi connectivity index (χ0n) is 12.2. The summed E-state index contributed by atoms with van der Waals surface area (Å²) in [6, 6.07) is 6.67. The van der Waals surface area contributed by atoms with Gasteiger partial charge in [-0.1, -0.05) is 32.6 Å². The lowest BCUT2D eigenvalue weighted by atomic mass is 9.80. The Bertz CT molecular complexity index is 416. The summed E-state index contributed by atoms with van der Waals surface area (Å²) in [5.41, 5.74) is 0.303. The average Bonchev–Trinajstić information content (AvgIpc) is 2.47. The van der Waals surface area contributed by atoms with Gasteiger partial charge in [0.2, 0.25) is 0 Å². The quantitative estimate of drug-likeness (QED) is 0.839. The van der Waals surface area contributed by atoms with E-state index in [1.807, 2.05) is 0 Å². The lowest BCUT2D eigenvalue weighted by molar-refractivity contribution is 0.0697. The first kappa shape index (κ1) is 14.9. The molecule has 0 spiro atoms. The number of rotatable bonds is 6. The van der Waals surface area contributed by atoms with Crippen molar-refractivity contribution in [2.24, 2.45) is 11.8 Å². The van der Waals surface area contributed by atoms with Crippen molar-refractivity contribution in [3.63, 3.8) is 0 Å². The van der Waals surface area contributed by atoms with Gasteiger partial charge in [-0.05, 0) is 48.9 Å². The molecule has 1 aliphatic carbocycles. The van der Waals surface area contributed by atoms with Gasteiger partial charge in [-0.15, -0.1) is 0 Å². The number of carboxylic acids is 1. The third-order valence-corrected chi connectivity index (χ3v) is 4.25. The standard InChI is InChI=1S/C17H24O3/c1-2-3-13-4-6-14(7-5-13)12-20-16-10-8-15(9-11-16)17(18)19/h8-11,13-14H,2-7,12H2,1H3,(H,18,19)/t13-,14-. The summed E-state index contributed by atoms with van der Waals surface area (Å²) in [4.78, 5) is 10.8. The van der Waals surface area contributed by atoms with Crippen molar-refractivity contribution in [1.29, 1.82) is 0 Å². The van der Waals surface area contributed by atoms with Crippen LogP contribution in [-0.4, -0.2) is 17.7 Å². The van der Waals surface area contributed by atoms with E-state index in [1.165, 1.54) is 38.5 Å². The van der Waals surface area contributed by atoms with Crippen molar-refractivity contribution in [1.82, 2.24) is 0 Å². The smallest absolute Gasteiger partial charge is 0.335 e. The highest BCUT2D eigenvalue weighted by Gasteiger charge is 2.20. The van der Waals surface area contributed by atoms with Gasteiger partial charge in [0.1, 0.15) is 5.75 Å². The maximum absolute atomic E-state index is 10.8. The van der Waals surface area contributed by atoms with E-state index in [0.29, 0.717) is 11.5 Å². The molecule has 0 bridgehead atoms. The van der Waals surface area contributed by atoms with Crippen LogP contribution in [0, 0.1) is 11.8 Å². The van der Waals surface area contributed by atoms with Crippen molar-refractivity contribution in [2.45, 2.75) is 45.4 Å². The predicted molar refractivity (Wildman–Crippen MR) is 79.3 cm³/mol. The van der Waals surface area contributed by atoms with Crippen LogP contribution in [0.25, 0.3) is 0 Å². The summed E-state index contributed by atoms with van der Waals surface area (Å²) in [6.45, 7) is 3.02. The third kappa shape index (κ3) is 4.26. The van der Waals surface area contributed by atoms with Crippen LogP contribution < -0.4 is 4.74 Å². The van der Waals surface area contributed by atoms with Crippen LogP contribution in [0.1, 0.15) is 55.8 Å². The number of hydrogen-bond donors (Lipinski definition) is 1. The second-order valence-electron chi connectivity index (χ2n) is 5.82. The van der Waals surface area contributed by atoms with Crippen molar-refractivity contribution >= 4 is 5.97 Å². The molecular formula is C17H24O3. The van der Waals surface area contributed by atoms with Crippen molar-refractivity contribution in [3.05, 3.63) is 29.8 Å². The number of ether oxygens (including phenoxy) is 1. The molecule has 20 heavy (non-hydrogen) atoms. The molecule has 1 N–H and O–H groups in total. The van der Waals surface area contributed by atoms with Gasteiger partial charge in [0, 0.05) is 0 Å². The fourth-order valence-corrected chi connectivity index (χ4v) is 3.00. The van der Waals surface area contributed by atoms with E-state index >= 15 is 0 Å². The summed E-state index contributed by atoms with van der Waals surface area (Å²) in [5, 5.41) is 8.84. The van der Waals surface area contributed by atoms with Gasteiger partial charge in [0.05, 0.1) is 12.2 Å². The molecule has 0 unspecified atom stereocenters. The maximum Gasteiger partial charge on any atom is 0.335 e. The van der Waals surface area contributed by atoms with Crippen LogP contribution >= 0.6 is 0 Å². The van der Waals surface area contributed by atoms with E-state index in [1.54, 1.807) is 24.3 Å². The summed E-state index contributed by atoms with van der Waals surface area (Å²) in [5.74, 6) is 1.45. The van der Waals surface area contributed by atoms with E-state index in [0.717, 1.165) is 18.3 Å². The molecule has 2 rings (SSSR count). The number of aromatic carboxylic acids is 1. The number of carboxylic acid groups (broad SMARTS) is 1. The lowest BCUT2D eigenvalue weighted by Crippen LogP contribution is -2.20. The summed E-state index contributed by atoms with van der Waals surface area (Å²) >= 11 is 0. The summed E-state index contributed by atoms with van der Waals surface area (Å²) < 4.78 is 5.78. The van der Waals surface area contributed by atoms with Crippen LogP contribution in [0.3, 0.4) is 0 Å². The van der Waals surface area contributed by atoms with Gasteiger partial charge >= 0.3 is 5.97 Å². The highest BCUT2D eigenvalue weighted by Crippen LogP contribution is 2.31. The zero-order valence-corrected chi connectivity index (χ0v) is 12.2. The Hall–Kier alpha value is -1.51. The fraction of sp³-hybridized carbons (Fsp3) is 0.588. The molecule has 110 valence electrons. The topological polar surface area (TPSA) is 46.5 Å². The first-order valence-electron chi connectivity index (χ1n) is 7.65. The maximum atomic E-state index is 10.8. The molecule has 0 atom stereocenters. The van der Waals surface area contributed by atoms with E-state index in [-0.39, 0.29) is 0 Å². The normalized spacial score (nSPS) is 22.4. The molecule has 1 aromatic rings. The molecule has 3 heteroatoms. The molecule has 1 saturated carbocycles. The summed E-state index contributed by atoms with van der Waals surface area (Å²) in [6.07, 6.45) is 7.85. The van der Waals surface area contributed by atoms with Gasteiger partial charge in [0.15, 0.2) is 0 Å². The van der Waals surface area contributed by atoms with Crippen molar-refractivity contribution < 1.29 is 14.6 Å². The van der Waals surface area contributed by atoms with E-state index in [4.69, 9.17) is 9.84 Å². The third-order valence-electron chi connectivity index (χ3n) is 4.25. The fourth-order valence-electron chi connectivity index (χ4n) is 3.00. The van der Waals surface area contributed by atoms with Crippen LogP contribution in [0.5, 0.6) is 5.75 Å². The first-order valence-corrected chi connectivity index (χ1v) is 7.65. The second kappa shape index (κ2) is 7.32. The van der Waals surface area contributed by atoms with Crippen molar-refractivity contribution in [3.8, 4) is 5.75 Å². The highest BCUT2D eigenvalue weighted by atomic mass is 16.5. The largest absolute Gasteiger partial charge is 0.493 e. The Morgan fingerprint density at radius 1 is 1.15 bits per heavy atom. The average molecular weight is 276 g/mol. The molecule has 0 radical (unpaired) electrons. The number of carbonyl (C=O) groups is 1. The summed E-state index contributed by atoms with van der Waals surface area (Å²) in [7, 11) is 0. The van der Waals surface area contributed by atoms with E-state index in [2.05, 4.69) is 6.92 Å². The van der Waals surface area contributed by atoms with Crippen LogP contribution in [0.4, 0.5) is 0 Å². The van der Waals surface area contributed by atoms with Gasteiger partial charge in [0.25, 0.3) is 0 Å². The van der Waals surface area contributed by atoms with Crippen LogP contribution in [0.15, 0.2) is 24.3 Å². The Morgan fingerprint density at radius 2 is 1.75 bits per heavy atom. The second-order valence-corrected chi connectivity index (χ2v) is 5.82. The molecular weight excluding hydrogens is 252 g/mol. The monoisotopic (exact) mass is 276 g/mol. The predicted octanol–water partition coefficient (Wildman–Crippen LogP) is 4.37. The number of hydrogen-bond acceptors (Lipinski definition) is 2. The van der Waals surface area contributed by atoms with Gasteiger partial charge in [-0.25, -0.2) is 4.79 Å².